The summed E-state index contributed by atoms with van der Waals surface area (Å²) in [6.07, 6.45) is 1.11. The van der Waals surface area contributed by atoms with Gasteiger partial charge < -0.3 is 10.2 Å². The predicted octanol–water partition coefficient (Wildman–Crippen LogP) is 3.29. The van der Waals surface area contributed by atoms with Gasteiger partial charge >= 0.3 is 0 Å². The van der Waals surface area contributed by atoms with Crippen molar-refractivity contribution in [3.05, 3.63) is 42.5 Å². The summed E-state index contributed by atoms with van der Waals surface area (Å²) in [5.41, 5.74) is 2.00. The van der Waals surface area contributed by atoms with Crippen LogP contribution in [0.1, 0.15) is 20.3 Å². The van der Waals surface area contributed by atoms with Crippen molar-refractivity contribution < 1.29 is 0 Å². The first kappa shape index (κ1) is 15.4. The van der Waals surface area contributed by atoms with E-state index in [1.165, 1.54) is 0 Å². The van der Waals surface area contributed by atoms with E-state index in [4.69, 9.17) is 0 Å². The molecule has 2 aromatic rings. The minimum Gasteiger partial charge on any atom is -0.369 e. The van der Waals surface area contributed by atoms with Gasteiger partial charge in [-0.15, -0.1) is 10.2 Å². The average Bonchev–Trinajstić information content (AvgIpc) is 2.56. The van der Waals surface area contributed by atoms with E-state index in [0.29, 0.717) is 0 Å². The summed E-state index contributed by atoms with van der Waals surface area (Å²) in [7, 11) is 0. The Balaban J connectivity index is 1.80. The topological polar surface area (TPSA) is 41.0 Å². The van der Waals surface area contributed by atoms with Gasteiger partial charge in [-0.3, -0.25) is 0 Å². The monoisotopic (exact) mass is 284 g/mol. The van der Waals surface area contributed by atoms with Crippen molar-refractivity contribution in [3.8, 4) is 11.3 Å². The maximum absolute atomic E-state index is 4.27. The van der Waals surface area contributed by atoms with Crippen LogP contribution in [0, 0.1) is 0 Å². The van der Waals surface area contributed by atoms with Gasteiger partial charge in [0.2, 0.25) is 0 Å². The highest BCUT2D eigenvalue weighted by Gasteiger charge is 2.01. The van der Waals surface area contributed by atoms with Crippen molar-refractivity contribution >= 4 is 5.82 Å². The van der Waals surface area contributed by atoms with Gasteiger partial charge in [-0.05, 0) is 38.2 Å². The zero-order chi connectivity index (χ0) is 14.9. The number of rotatable bonds is 8. The number of benzene rings is 1. The molecule has 0 saturated carbocycles. The van der Waals surface area contributed by atoms with Gasteiger partial charge in [-0.2, -0.15) is 0 Å². The molecule has 21 heavy (non-hydrogen) atoms. The van der Waals surface area contributed by atoms with Gasteiger partial charge in [0.15, 0.2) is 0 Å². The van der Waals surface area contributed by atoms with E-state index >= 15 is 0 Å². The number of aromatic nitrogens is 2. The molecule has 112 valence electrons. The van der Waals surface area contributed by atoms with Crippen LogP contribution in [0.2, 0.25) is 0 Å². The Kier molecular flexibility index (Phi) is 6.16. The Bertz CT molecular complexity index is 506. The normalized spacial score (nSPS) is 10.8. The lowest BCUT2D eigenvalue weighted by molar-refractivity contribution is 0.303. The zero-order valence-corrected chi connectivity index (χ0v) is 12.9. The molecule has 1 N–H and O–H groups in total. The molecule has 0 bridgehead atoms. The lowest BCUT2D eigenvalue weighted by Crippen LogP contribution is -2.25. The molecule has 1 aromatic heterocycles. The molecule has 0 aliphatic heterocycles. The summed E-state index contributed by atoms with van der Waals surface area (Å²) in [5, 5.41) is 11.8. The van der Waals surface area contributed by atoms with Crippen LogP contribution < -0.4 is 5.32 Å². The number of hydrogen-bond acceptors (Lipinski definition) is 4. The second kappa shape index (κ2) is 8.37. The molecule has 1 aromatic carbocycles. The highest BCUT2D eigenvalue weighted by atomic mass is 15.2. The van der Waals surface area contributed by atoms with Gasteiger partial charge in [0.25, 0.3) is 0 Å². The van der Waals surface area contributed by atoms with Crippen molar-refractivity contribution in [2.24, 2.45) is 0 Å². The van der Waals surface area contributed by atoms with Crippen LogP contribution in [-0.4, -0.2) is 41.3 Å². The Morgan fingerprint density at radius 3 is 2.33 bits per heavy atom. The molecule has 4 nitrogen and oxygen atoms in total. The van der Waals surface area contributed by atoms with Crippen LogP contribution in [-0.2, 0) is 0 Å². The quantitative estimate of drug-likeness (QED) is 0.755. The molecule has 1 heterocycles. The van der Waals surface area contributed by atoms with Crippen molar-refractivity contribution in [2.45, 2.75) is 20.3 Å². The third-order valence-electron chi connectivity index (χ3n) is 3.59. The minimum absolute atomic E-state index is 0.842. The summed E-state index contributed by atoms with van der Waals surface area (Å²) in [4.78, 5) is 2.42. The number of nitrogens with one attached hydrogen (secondary N) is 1. The molecule has 0 amide bonds. The number of nitrogens with zero attached hydrogens (tertiary/aromatic N) is 3. The van der Waals surface area contributed by atoms with Gasteiger partial charge in [-0.1, -0.05) is 44.2 Å². The molecular formula is C17H24N4. The van der Waals surface area contributed by atoms with Crippen molar-refractivity contribution in [3.63, 3.8) is 0 Å². The SMILES string of the molecule is CCN(CC)CCCNc1ccc(-c2ccccc2)nn1. The molecule has 2 rings (SSSR count). The zero-order valence-electron chi connectivity index (χ0n) is 12.9. The van der Waals surface area contributed by atoms with Crippen LogP contribution in [0.25, 0.3) is 11.3 Å². The first-order valence-corrected chi connectivity index (χ1v) is 7.69. The third kappa shape index (κ3) is 4.83. The first-order valence-electron chi connectivity index (χ1n) is 7.69. The second-order valence-corrected chi connectivity index (χ2v) is 4.98. The fraction of sp³-hybridized carbons (Fsp3) is 0.412. The Labute approximate surface area is 127 Å². The van der Waals surface area contributed by atoms with Crippen LogP contribution in [0.4, 0.5) is 5.82 Å². The Morgan fingerprint density at radius 2 is 1.71 bits per heavy atom. The molecule has 0 saturated heterocycles. The fourth-order valence-electron chi connectivity index (χ4n) is 2.25. The summed E-state index contributed by atoms with van der Waals surface area (Å²) >= 11 is 0. The number of hydrogen-bond donors (Lipinski definition) is 1. The smallest absolute Gasteiger partial charge is 0.148 e. The highest BCUT2D eigenvalue weighted by Crippen LogP contribution is 2.16. The van der Waals surface area contributed by atoms with E-state index in [1.807, 2.05) is 42.5 Å². The minimum atomic E-state index is 0.842. The van der Waals surface area contributed by atoms with E-state index in [1.54, 1.807) is 0 Å². The standard InChI is InChI=1S/C17H24N4/c1-3-21(4-2)14-8-13-18-17-12-11-16(19-20-17)15-9-6-5-7-10-15/h5-7,9-12H,3-4,8,13-14H2,1-2H3,(H,18,20). The Hall–Kier alpha value is -1.94. The molecule has 0 aliphatic carbocycles. The van der Waals surface area contributed by atoms with Crippen LogP contribution >= 0.6 is 0 Å². The summed E-state index contributed by atoms with van der Waals surface area (Å²) in [6, 6.07) is 14.1. The molecule has 0 atom stereocenters. The van der Waals surface area contributed by atoms with Gasteiger partial charge in [0, 0.05) is 12.1 Å². The third-order valence-corrected chi connectivity index (χ3v) is 3.59. The van der Waals surface area contributed by atoms with E-state index in [0.717, 1.165) is 49.7 Å². The maximum atomic E-state index is 4.27. The summed E-state index contributed by atoms with van der Waals surface area (Å²) in [5.74, 6) is 0.842. The van der Waals surface area contributed by atoms with Crippen molar-refractivity contribution in [1.82, 2.24) is 15.1 Å². The molecule has 0 unspecified atom stereocenters. The van der Waals surface area contributed by atoms with Crippen LogP contribution in [0.3, 0.4) is 0 Å². The first-order chi connectivity index (χ1) is 10.3. The molecule has 4 heteroatoms. The highest BCUT2D eigenvalue weighted by molar-refractivity contribution is 5.59. The fourth-order valence-corrected chi connectivity index (χ4v) is 2.25. The molecule has 0 aliphatic rings. The van der Waals surface area contributed by atoms with Gasteiger partial charge in [0.05, 0.1) is 5.69 Å². The second-order valence-electron chi connectivity index (χ2n) is 4.98. The van der Waals surface area contributed by atoms with E-state index in [2.05, 4.69) is 34.3 Å². The number of anilines is 1. The lowest BCUT2D eigenvalue weighted by atomic mass is 10.1. The average molecular weight is 284 g/mol. The molecule has 0 fully saturated rings. The Morgan fingerprint density at radius 1 is 0.952 bits per heavy atom. The van der Waals surface area contributed by atoms with E-state index in [9.17, 15) is 0 Å². The molecular weight excluding hydrogens is 260 g/mol. The largest absolute Gasteiger partial charge is 0.369 e. The van der Waals surface area contributed by atoms with E-state index in [-0.39, 0.29) is 0 Å². The summed E-state index contributed by atoms with van der Waals surface area (Å²) < 4.78 is 0. The van der Waals surface area contributed by atoms with Crippen molar-refractivity contribution in [2.75, 3.05) is 31.5 Å². The maximum Gasteiger partial charge on any atom is 0.148 e. The van der Waals surface area contributed by atoms with Gasteiger partial charge in [0.1, 0.15) is 5.82 Å². The molecule has 0 spiro atoms. The van der Waals surface area contributed by atoms with Gasteiger partial charge in [-0.25, -0.2) is 0 Å². The molecule has 0 radical (unpaired) electrons. The van der Waals surface area contributed by atoms with Crippen LogP contribution in [0.5, 0.6) is 0 Å². The van der Waals surface area contributed by atoms with E-state index < -0.39 is 0 Å². The van der Waals surface area contributed by atoms with Crippen molar-refractivity contribution in [1.29, 1.82) is 0 Å². The lowest BCUT2D eigenvalue weighted by Gasteiger charge is -2.17. The van der Waals surface area contributed by atoms with Crippen LogP contribution in [0.15, 0.2) is 42.5 Å². The summed E-state index contributed by atoms with van der Waals surface area (Å²) in [6.45, 7) is 8.67. The predicted molar refractivity (Wildman–Crippen MR) is 88.4 cm³/mol.